The van der Waals surface area contributed by atoms with Crippen molar-refractivity contribution in [3.8, 4) is 0 Å². The van der Waals surface area contributed by atoms with E-state index in [1.54, 1.807) is 0 Å². The van der Waals surface area contributed by atoms with E-state index in [9.17, 15) is 4.79 Å². The first-order chi connectivity index (χ1) is 11.6. The molecule has 3 nitrogen and oxygen atoms in total. The normalized spacial score (nSPS) is 24.8. The minimum atomic E-state index is -0.855. The minimum Gasteiger partial charge on any atom is -0.463 e. The molecule has 1 aliphatic heterocycles. The standard InChI is InChI=1S/C21H30O3/c1-3-4-5-9-16-23-19(22)21(18-12-10-17(2)11-13-18)20(24-21)14-7-6-8-15-20/h10-13H,3-9,14-16H2,1-2H3. The highest BCUT2D eigenvalue weighted by Gasteiger charge is 2.75. The van der Waals surface area contributed by atoms with Crippen LogP contribution in [0.3, 0.4) is 0 Å². The molecule has 1 saturated carbocycles. The van der Waals surface area contributed by atoms with E-state index in [4.69, 9.17) is 9.47 Å². The van der Waals surface area contributed by atoms with Crippen LogP contribution in [0.4, 0.5) is 0 Å². The average Bonchev–Trinajstić information content (AvgIpc) is 3.24. The van der Waals surface area contributed by atoms with E-state index in [0.29, 0.717) is 6.61 Å². The van der Waals surface area contributed by atoms with E-state index in [1.807, 2.05) is 12.1 Å². The fraction of sp³-hybridized carbons (Fsp3) is 0.667. The Morgan fingerprint density at radius 2 is 1.79 bits per heavy atom. The summed E-state index contributed by atoms with van der Waals surface area (Å²) in [5.41, 5.74) is 0.987. The molecule has 0 amide bonds. The van der Waals surface area contributed by atoms with Gasteiger partial charge in [-0.1, -0.05) is 75.3 Å². The van der Waals surface area contributed by atoms with Crippen molar-refractivity contribution in [1.82, 2.24) is 0 Å². The molecule has 2 fully saturated rings. The second kappa shape index (κ2) is 7.26. The largest absolute Gasteiger partial charge is 0.463 e. The second-order valence-corrected chi connectivity index (χ2v) is 7.40. The Balaban J connectivity index is 1.74. The van der Waals surface area contributed by atoms with Crippen LogP contribution in [0.5, 0.6) is 0 Å². The SMILES string of the molecule is CCCCCCOC(=O)C1(c2ccc(C)cc2)OC12CCCCC2. The first-order valence-electron chi connectivity index (χ1n) is 9.59. The van der Waals surface area contributed by atoms with Crippen LogP contribution in [0.1, 0.15) is 75.8 Å². The van der Waals surface area contributed by atoms with Crippen LogP contribution >= 0.6 is 0 Å². The lowest BCUT2D eigenvalue weighted by atomic mass is 9.76. The molecule has 0 radical (unpaired) electrons. The Kier molecular flexibility index (Phi) is 5.29. The van der Waals surface area contributed by atoms with Gasteiger partial charge < -0.3 is 9.47 Å². The number of carbonyl (C=O) groups excluding carboxylic acids is 1. The van der Waals surface area contributed by atoms with E-state index in [-0.39, 0.29) is 11.6 Å². The summed E-state index contributed by atoms with van der Waals surface area (Å²) >= 11 is 0. The highest BCUT2D eigenvalue weighted by atomic mass is 16.7. The molecular formula is C21H30O3. The Bertz CT molecular complexity index is 557. The van der Waals surface area contributed by atoms with E-state index >= 15 is 0 Å². The Hall–Kier alpha value is -1.35. The predicted molar refractivity (Wildman–Crippen MR) is 94.9 cm³/mol. The molecule has 1 unspecified atom stereocenters. The number of esters is 1. The van der Waals surface area contributed by atoms with Gasteiger partial charge in [0, 0.05) is 0 Å². The summed E-state index contributed by atoms with van der Waals surface area (Å²) in [6.45, 7) is 4.75. The van der Waals surface area contributed by atoms with Crippen molar-refractivity contribution in [2.24, 2.45) is 0 Å². The van der Waals surface area contributed by atoms with Gasteiger partial charge in [0.1, 0.15) is 5.60 Å². The predicted octanol–water partition coefficient (Wildman–Crippen LogP) is 5.05. The molecule has 2 aliphatic rings. The van der Waals surface area contributed by atoms with E-state index < -0.39 is 5.60 Å². The van der Waals surface area contributed by atoms with Gasteiger partial charge in [-0.3, -0.25) is 0 Å². The third-order valence-electron chi connectivity index (χ3n) is 5.59. The summed E-state index contributed by atoms with van der Waals surface area (Å²) in [6.07, 6.45) is 9.88. The van der Waals surface area contributed by atoms with Gasteiger partial charge in [-0.2, -0.15) is 0 Å². The maximum Gasteiger partial charge on any atom is 0.346 e. The highest BCUT2D eigenvalue weighted by Crippen LogP contribution is 2.63. The maximum atomic E-state index is 13.0. The number of epoxide rings is 1. The van der Waals surface area contributed by atoms with Crippen molar-refractivity contribution in [2.45, 2.75) is 82.8 Å². The molecule has 24 heavy (non-hydrogen) atoms. The lowest BCUT2D eigenvalue weighted by Crippen LogP contribution is -2.35. The topological polar surface area (TPSA) is 38.8 Å². The van der Waals surface area contributed by atoms with E-state index in [1.165, 1.54) is 24.8 Å². The molecule has 3 heteroatoms. The van der Waals surface area contributed by atoms with Crippen molar-refractivity contribution in [3.63, 3.8) is 0 Å². The van der Waals surface area contributed by atoms with Gasteiger partial charge in [-0.15, -0.1) is 0 Å². The van der Waals surface area contributed by atoms with Gasteiger partial charge >= 0.3 is 5.97 Å². The summed E-state index contributed by atoms with van der Waals surface area (Å²) in [4.78, 5) is 13.0. The first kappa shape index (κ1) is 17.5. The lowest BCUT2D eigenvalue weighted by Gasteiger charge is -2.23. The molecule has 1 heterocycles. The molecule has 0 N–H and O–H groups in total. The molecule has 1 atom stereocenters. The summed E-state index contributed by atoms with van der Waals surface area (Å²) in [5.74, 6) is -0.176. The fourth-order valence-corrected chi connectivity index (χ4v) is 4.10. The smallest absolute Gasteiger partial charge is 0.346 e. The maximum absolute atomic E-state index is 13.0. The molecule has 1 aliphatic carbocycles. The third-order valence-corrected chi connectivity index (χ3v) is 5.59. The van der Waals surface area contributed by atoms with E-state index in [2.05, 4.69) is 26.0 Å². The molecule has 132 valence electrons. The molecule has 3 rings (SSSR count). The monoisotopic (exact) mass is 330 g/mol. The quantitative estimate of drug-likeness (QED) is 0.399. The van der Waals surface area contributed by atoms with Crippen LogP contribution in [-0.4, -0.2) is 18.2 Å². The zero-order valence-electron chi connectivity index (χ0n) is 15.1. The second-order valence-electron chi connectivity index (χ2n) is 7.40. The van der Waals surface area contributed by atoms with Crippen LogP contribution in [0.25, 0.3) is 0 Å². The molecule has 1 spiro atoms. The summed E-state index contributed by atoms with van der Waals surface area (Å²) in [5, 5.41) is 0. The van der Waals surface area contributed by atoms with Crippen LogP contribution in [0.2, 0.25) is 0 Å². The van der Waals surface area contributed by atoms with Crippen molar-refractivity contribution >= 4 is 5.97 Å². The Labute approximate surface area is 145 Å². The summed E-state index contributed by atoms with van der Waals surface area (Å²) < 4.78 is 11.9. The number of ether oxygens (including phenoxy) is 2. The van der Waals surface area contributed by atoms with Crippen LogP contribution in [-0.2, 0) is 19.9 Å². The molecule has 1 aromatic rings. The average molecular weight is 330 g/mol. The number of rotatable bonds is 7. The van der Waals surface area contributed by atoms with Gasteiger partial charge in [-0.25, -0.2) is 4.79 Å². The van der Waals surface area contributed by atoms with Crippen LogP contribution in [0, 0.1) is 6.92 Å². The van der Waals surface area contributed by atoms with Gasteiger partial charge in [0.15, 0.2) is 0 Å². The number of aryl methyl sites for hydroxylation is 1. The van der Waals surface area contributed by atoms with Crippen molar-refractivity contribution in [2.75, 3.05) is 6.61 Å². The van der Waals surface area contributed by atoms with Gasteiger partial charge in [0.2, 0.25) is 5.60 Å². The zero-order chi connectivity index (χ0) is 17.0. The first-order valence-corrected chi connectivity index (χ1v) is 9.59. The Morgan fingerprint density at radius 3 is 2.46 bits per heavy atom. The highest BCUT2D eigenvalue weighted by molar-refractivity contribution is 5.86. The zero-order valence-corrected chi connectivity index (χ0v) is 15.1. The number of carbonyl (C=O) groups is 1. The summed E-state index contributed by atoms with van der Waals surface area (Å²) in [6, 6.07) is 8.20. The van der Waals surface area contributed by atoms with E-state index in [0.717, 1.165) is 44.1 Å². The molecule has 0 bridgehead atoms. The molecule has 1 aromatic carbocycles. The van der Waals surface area contributed by atoms with Crippen LogP contribution in [0.15, 0.2) is 24.3 Å². The van der Waals surface area contributed by atoms with Crippen LogP contribution < -0.4 is 0 Å². The third kappa shape index (κ3) is 3.11. The number of hydrogen-bond donors (Lipinski definition) is 0. The number of unbranched alkanes of at least 4 members (excludes halogenated alkanes) is 3. The van der Waals surface area contributed by atoms with Gasteiger partial charge in [0.25, 0.3) is 0 Å². The summed E-state index contributed by atoms with van der Waals surface area (Å²) in [7, 11) is 0. The lowest BCUT2D eigenvalue weighted by molar-refractivity contribution is -0.150. The number of hydrogen-bond acceptors (Lipinski definition) is 3. The number of benzene rings is 1. The van der Waals surface area contributed by atoms with Gasteiger partial charge in [-0.05, 0) is 31.7 Å². The minimum absolute atomic E-state index is 0.176. The Morgan fingerprint density at radius 1 is 1.08 bits per heavy atom. The van der Waals surface area contributed by atoms with Crippen molar-refractivity contribution in [1.29, 1.82) is 0 Å². The molecule has 0 aromatic heterocycles. The van der Waals surface area contributed by atoms with Crippen molar-refractivity contribution in [3.05, 3.63) is 35.4 Å². The molecular weight excluding hydrogens is 300 g/mol. The van der Waals surface area contributed by atoms with Crippen molar-refractivity contribution < 1.29 is 14.3 Å². The van der Waals surface area contributed by atoms with Gasteiger partial charge in [0.05, 0.1) is 6.61 Å². The fourth-order valence-electron chi connectivity index (χ4n) is 4.10. The molecule has 1 saturated heterocycles.